The van der Waals surface area contributed by atoms with Crippen molar-refractivity contribution >= 4 is 0 Å². The van der Waals surface area contributed by atoms with Crippen LogP contribution in [0.4, 0.5) is 0 Å². The molecule has 0 aromatic heterocycles. The van der Waals surface area contributed by atoms with E-state index in [1.54, 1.807) is 0 Å². The summed E-state index contributed by atoms with van der Waals surface area (Å²) in [4.78, 5) is 0. The summed E-state index contributed by atoms with van der Waals surface area (Å²) in [6, 6.07) is 0.830. The third kappa shape index (κ3) is 2.21. The summed E-state index contributed by atoms with van der Waals surface area (Å²) in [7, 11) is 0. The van der Waals surface area contributed by atoms with Crippen LogP contribution in [0.15, 0.2) is 0 Å². The highest BCUT2D eigenvalue weighted by molar-refractivity contribution is 5.02. The topological polar surface area (TPSA) is 32.3 Å². The van der Waals surface area contributed by atoms with Gasteiger partial charge in [0.15, 0.2) is 0 Å². The maximum absolute atomic E-state index is 10.8. The van der Waals surface area contributed by atoms with Crippen LogP contribution >= 0.6 is 0 Å². The van der Waals surface area contributed by atoms with Gasteiger partial charge >= 0.3 is 0 Å². The van der Waals surface area contributed by atoms with E-state index in [1.165, 1.54) is 32.1 Å². The molecule has 0 radical (unpaired) electrons. The van der Waals surface area contributed by atoms with Crippen molar-refractivity contribution < 1.29 is 5.11 Å². The summed E-state index contributed by atoms with van der Waals surface area (Å²) in [5.74, 6) is 0.566. The zero-order chi connectivity index (χ0) is 10.9. The summed E-state index contributed by atoms with van der Waals surface area (Å²) in [6.07, 6.45) is 8.48. The quantitative estimate of drug-likeness (QED) is 0.735. The molecule has 2 nitrogen and oxygen atoms in total. The monoisotopic (exact) mass is 211 g/mol. The van der Waals surface area contributed by atoms with Gasteiger partial charge in [-0.05, 0) is 31.6 Å². The molecule has 2 saturated carbocycles. The van der Waals surface area contributed by atoms with Gasteiger partial charge in [0.25, 0.3) is 0 Å². The molecule has 2 rings (SSSR count). The maximum Gasteiger partial charge on any atom is 0.0828 e. The molecule has 2 aliphatic rings. The van der Waals surface area contributed by atoms with Crippen LogP contribution < -0.4 is 5.32 Å². The molecule has 0 heterocycles. The standard InChI is InChI=1S/C13H25NO/c1-10(2)14-12-8-5-7-11-6-3-4-9-13(11,12)15/h10-12,14-15H,3-9H2,1-2H3/t11-,12+,13-/m1/s1. The van der Waals surface area contributed by atoms with Gasteiger partial charge in [0.1, 0.15) is 0 Å². The Balaban J connectivity index is 2.08. The van der Waals surface area contributed by atoms with Crippen molar-refractivity contribution in [1.82, 2.24) is 5.32 Å². The Morgan fingerprint density at radius 3 is 2.60 bits per heavy atom. The van der Waals surface area contributed by atoms with Gasteiger partial charge in [0, 0.05) is 12.1 Å². The summed E-state index contributed by atoms with van der Waals surface area (Å²) >= 11 is 0. The van der Waals surface area contributed by atoms with E-state index in [0.717, 1.165) is 12.8 Å². The largest absolute Gasteiger partial charge is 0.388 e. The van der Waals surface area contributed by atoms with E-state index in [0.29, 0.717) is 18.0 Å². The number of nitrogens with one attached hydrogen (secondary N) is 1. The lowest BCUT2D eigenvalue weighted by Crippen LogP contribution is -2.60. The van der Waals surface area contributed by atoms with Crippen LogP contribution in [0.1, 0.15) is 58.8 Å². The number of aliphatic hydroxyl groups is 1. The third-order valence-corrected chi connectivity index (χ3v) is 4.27. The Labute approximate surface area is 93.5 Å². The van der Waals surface area contributed by atoms with E-state index in [1.807, 2.05) is 0 Å². The molecule has 2 aliphatic carbocycles. The highest BCUT2D eigenvalue weighted by Gasteiger charge is 2.47. The molecular formula is C13H25NO. The first kappa shape index (κ1) is 11.4. The molecular weight excluding hydrogens is 186 g/mol. The first-order valence-electron chi connectivity index (χ1n) is 6.61. The van der Waals surface area contributed by atoms with Crippen molar-refractivity contribution in [2.24, 2.45) is 5.92 Å². The van der Waals surface area contributed by atoms with Gasteiger partial charge < -0.3 is 10.4 Å². The van der Waals surface area contributed by atoms with Crippen molar-refractivity contribution in [3.05, 3.63) is 0 Å². The number of fused-ring (bicyclic) bond motifs is 1. The van der Waals surface area contributed by atoms with Crippen molar-refractivity contribution in [3.63, 3.8) is 0 Å². The Bertz CT molecular complexity index is 215. The molecule has 15 heavy (non-hydrogen) atoms. The van der Waals surface area contributed by atoms with E-state index in [4.69, 9.17) is 0 Å². The fraction of sp³-hybridized carbons (Fsp3) is 1.00. The zero-order valence-electron chi connectivity index (χ0n) is 10.1. The molecule has 2 fully saturated rings. The second kappa shape index (κ2) is 4.42. The van der Waals surface area contributed by atoms with Crippen molar-refractivity contribution in [1.29, 1.82) is 0 Å². The van der Waals surface area contributed by atoms with Gasteiger partial charge in [-0.15, -0.1) is 0 Å². The minimum absolute atomic E-state index is 0.344. The normalized spacial score (nSPS) is 41.6. The Kier molecular flexibility index (Phi) is 3.36. The molecule has 0 bridgehead atoms. The summed E-state index contributed by atoms with van der Waals surface area (Å²) in [5.41, 5.74) is -0.388. The first-order chi connectivity index (χ1) is 7.13. The average molecular weight is 211 g/mol. The number of hydrogen-bond donors (Lipinski definition) is 2. The van der Waals surface area contributed by atoms with Crippen molar-refractivity contribution in [3.8, 4) is 0 Å². The Morgan fingerprint density at radius 2 is 1.87 bits per heavy atom. The molecule has 0 unspecified atom stereocenters. The molecule has 0 aromatic carbocycles. The van der Waals surface area contributed by atoms with Gasteiger partial charge in [0.05, 0.1) is 5.60 Å². The lowest BCUT2D eigenvalue weighted by Gasteiger charge is -2.49. The first-order valence-corrected chi connectivity index (χ1v) is 6.61. The van der Waals surface area contributed by atoms with Gasteiger partial charge in [0.2, 0.25) is 0 Å². The number of hydrogen-bond acceptors (Lipinski definition) is 2. The minimum atomic E-state index is -0.388. The molecule has 0 aliphatic heterocycles. The lowest BCUT2D eigenvalue weighted by molar-refractivity contribution is -0.100. The fourth-order valence-electron chi connectivity index (χ4n) is 3.55. The van der Waals surface area contributed by atoms with E-state index < -0.39 is 0 Å². The van der Waals surface area contributed by atoms with Crippen LogP contribution in [0, 0.1) is 5.92 Å². The average Bonchev–Trinajstić information content (AvgIpc) is 2.18. The van der Waals surface area contributed by atoms with Crippen LogP contribution in [-0.2, 0) is 0 Å². The second-order valence-corrected chi connectivity index (χ2v) is 5.74. The van der Waals surface area contributed by atoms with Crippen LogP contribution in [0.2, 0.25) is 0 Å². The predicted octanol–water partition coefficient (Wildman–Crippen LogP) is 2.46. The van der Waals surface area contributed by atoms with Gasteiger partial charge in [-0.1, -0.05) is 33.1 Å². The van der Waals surface area contributed by atoms with Crippen molar-refractivity contribution in [2.45, 2.75) is 76.5 Å². The molecule has 2 N–H and O–H groups in total. The fourth-order valence-corrected chi connectivity index (χ4v) is 3.55. The predicted molar refractivity (Wildman–Crippen MR) is 62.8 cm³/mol. The molecule has 0 amide bonds. The second-order valence-electron chi connectivity index (χ2n) is 5.74. The zero-order valence-corrected chi connectivity index (χ0v) is 10.1. The van der Waals surface area contributed by atoms with E-state index in [2.05, 4.69) is 19.2 Å². The van der Waals surface area contributed by atoms with E-state index in [-0.39, 0.29) is 5.60 Å². The van der Waals surface area contributed by atoms with Crippen LogP contribution in [-0.4, -0.2) is 22.8 Å². The Hall–Kier alpha value is -0.0800. The molecule has 0 aromatic rings. The molecule has 2 heteroatoms. The maximum atomic E-state index is 10.8. The lowest BCUT2D eigenvalue weighted by atomic mass is 9.65. The highest BCUT2D eigenvalue weighted by Crippen LogP contribution is 2.43. The third-order valence-electron chi connectivity index (χ3n) is 4.27. The van der Waals surface area contributed by atoms with Crippen molar-refractivity contribution in [2.75, 3.05) is 0 Å². The molecule has 0 saturated heterocycles. The summed E-state index contributed by atoms with van der Waals surface area (Å²) in [6.45, 7) is 4.35. The molecule has 88 valence electrons. The van der Waals surface area contributed by atoms with E-state index >= 15 is 0 Å². The van der Waals surface area contributed by atoms with Crippen LogP contribution in [0.3, 0.4) is 0 Å². The highest BCUT2D eigenvalue weighted by atomic mass is 16.3. The van der Waals surface area contributed by atoms with E-state index in [9.17, 15) is 5.11 Å². The molecule has 3 atom stereocenters. The minimum Gasteiger partial charge on any atom is -0.388 e. The smallest absolute Gasteiger partial charge is 0.0828 e. The van der Waals surface area contributed by atoms with Crippen LogP contribution in [0.5, 0.6) is 0 Å². The van der Waals surface area contributed by atoms with Gasteiger partial charge in [-0.3, -0.25) is 0 Å². The molecule has 0 spiro atoms. The summed E-state index contributed by atoms with van der Waals surface area (Å²) in [5, 5.41) is 14.4. The van der Waals surface area contributed by atoms with Gasteiger partial charge in [-0.25, -0.2) is 0 Å². The SMILES string of the molecule is CC(C)N[C@H]1CCC[C@H]2CCCC[C@@]21O. The van der Waals surface area contributed by atoms with Gasteiger partial charge in [-0.2, -0.15) is 0 Å². The summed E-state index contributed by atoms with van der Waals surface area (Å²) < 4.78 is 0. The number of rotatable bonds is 2. The Morgan fingerprint density at radius 1 is 1.13 bits per heavy atom. The van der Waals surface area contributed by atoms with Crippen LogP contribution in [0.25, 0.3) is 0 Å².